The number of halogens is 2. The number of carbonyl (C=O) groups is 1. The van der Waals surface area contributed by atoms with Crippen molar-refractivity contribution in [3.63, 3.8) is 0 Å². The number of nitrogens with one attached hydrogen (secondary N) is 2. The molecule has 0 saturated carbocycles. The molecule has 0 unspecified atom stereocenters. The molecule has 1 amide bonds. The number of aryl methyl sites for hydroxylation is 2. The fourth-order valence-corrected chi connectivity index (χ4v) is 3.22. The van der Waals surface area contributed by atoms with Crippen LogP contribution in [-0.2, 0) is 6.42 Å². The Kier molecular flexibility index (Phi) is 6.64. The minimum absolute atomic E-state index is 0.187. The van der Waals surface area contributed by atoms with Gasteiger partial charge in [0.25, 0.3) is 5.91 Å². The van der Waals surface area contributed by atoms with Crippen LogP contribution in [0.1, 0.15) is 28.4 Å². The molecule has 7 heteroatoms. The van der Waals surface area contributed by atoms with Gasteiger partial charge in [0.15, 0.2) is 5.11 Å². The molecule has 2 N–H and O–H groups in total. The summed E-state index contributed by atoms with van der Waals surface area (Å²) < 4.78 is 5.19. The largest absolute Gasteiger partial charge is 0.494 e. The third-order valence-corrected chi connectivity index (χ3v) is 4.37. The predicted molar refractivity (Wildman–Crippen MR) is 107 cm³/mol. The third-order valence-electron chi connectivity index (χ3n) is 3.66. The fourth-order valence-electron chi connectivity index (χ4n) is 2.45. The van der Waals surface area contributed by atoms with E-state index in [1.807, 2.05) is 25.1 Å². The average molecular weight is 397 g/mol. The maximum atomic E-state index is 12.5. The van der Waals surface area contributed by atoms with E-state index >= 15 is 0 Å². The average Bonchev–Trinajstić information content (AvgIpc) is 2.55. The first-order valence-corrected chi connectivity index (χ1v) is 8.77. The second kappa shape index (κ2) is 8.52. The maximum absolute atomic E-state index is 12.5. The number of para-hydroxylation sites is 1. The van der Waals surface area contributed by atoms with Crippen molar-refractivity contribution >= 4 is 52.1 Å². The van der Waals surface area contributed by atoms with Crippen molar-refractivity contribution in [2.45, 2.75) is 20.3 Å². The zero-order valence-corrected chi connectivity index (χ0v) is 16.4. The second-order valence-corrected chi connectivity index (χ2v) is 6.59. The van der Waals surface area contributed by atoms with Gasteiger partial charge in [-0.15, -0.1) is 0 Å². The van der Waals surface area contributed by atoms with Crippen LogP contribution in [0.2, 0.25) is 10.0 Å². The molecule has 0 heterocycles. The van der Waals surface area contributed by atoms with Crippen LogP contribution >= 0.6 is 35.4 Å². The summed E-state index contributed by atoms with van der Waals surface area (Å²) in [5.41, 5.74) is 3.26. The molecule has 0 radical (unpaired) electrons. The standard InChI is InChI=1S/C18H18Cl2N2O2S/c1-4-11-7-5-6-10(2)15(11)21-18(25)22-17(23)13-8-12(19)9-14(20)16(13)24-3/h5-9H,4H2,1-3H3,(H2,21,22,23,25). The molecule has 132 valence electrons. The summed E-state index contributed by atoms with van der Waals surface area (Å²) in [6.45, 7) is 4.03. The van der Waals surface area contributed by atoms with Crippen LogP contribution in [0.4, 0.5) is 5.69 Å². The van der Waals surface area contributed by atoms with Gasteiger partial charge in [0.1, 0.15) is 5.75 Å². The zero-order chi connectivity index (χ0) is 18.6. The van der Waals surface area contributed by atoms with Crippen LogP contribution in [0, 0.1) is 6.92 Å². The fraction of sp³-hybridized carbons (Fsp3) is 0.222. The second-order valence-electron chi connectivity index (χ2n) is 5.34. The van der Waals surface area contributed by atoms with Crippen molar-refractivity contribution in [3.05, 3.63) is 57.1 Å². The number of amides is 1. The highest BCUT2D eigenvalue weighted by atomic mass is 35.5. The van der Waals surface area contributed by atoms with Crippen molar-refractivity contribution in [1.29, 1.82) is 0 Å². The lowest BCUT2D eigenvalue weighted by molar-refractivity contribution is 0.0975. The summed E-state index contributed by atoms with van der Waals surface area (Å²) in [6.07, 6.45) is 0.846. The van der Waals surface area contributed by atoms with E-state index in [4.69, 9.17) is 40.2 Å². The van der Waals surface area contributed by atoms with Crippen LogP contribution in [0.3, 0.4) is 0 Å². The van der Waals surface area contributed by atoms with Gasteiger partial charge in [0.05, 0.1) is 17.7 Å². The Morgan fingerprint density at radius 1 is 1.28 bits per heavy atom. The summed E-state index contributed by atoms with van der Waals surface area (Å²) >= 11 is 17.3. The summed E-state index contributed by atoms with van der Waals surface area (Å²) in [6, 6.07) is 8.97. The van der Waals surface area contributed by atoms with E-state index in [1.54, 1.807) is 0 Å². The van der Waals surface area contributed by atoms with Gasteiger partial charge in [0, 0.05) is 10.7 Å². The predicted octanol–water partition coefficient (Wildman–Crippen LogP) is 5.00. The van der Waals surface area contributed by atoms with Crippen molar-refractivity contribution in [2.24, 2.45) is 0 Å². The van der Waals surface area contributed by atoms with Crippen LogP contribution in [0.15, 0.2) is 30.3 Å². The topological polar surface area (TPSA) is 50.4 Å². The minimum Gasteiger partial charge on any atom is -0.494 e. The molecule has 0 aromatic heterocycles. The van der Waals surface area contributed by atoms with Gasteiger partial charge in [0.2, 0.25) is 0 Å². The summed E-state index contributed by atoms with van der Waals surface area (Å²) in [5, 5.41) is 6.50. The number of hydrogen-bond acceptors (Lipinski definition) is 3. The van der Waals surface area contributed by atoms with E-state index < -0.39 is 5.91 Å². The summed E-state index contributed by atoms with van der Waals surface area (Å²) in [4.78, 5) is 12.5. The van der Waals surface area contributed by atoms with Gasteiger partial charge in [-0.2, -0.15) is 0 Å². The molecule has 2 rings (SSSR count). The van der Waals surface area contributed by atoms with E-state index in [0.717, 1.165) is 23.2 Å². The monoisotopic (exact) mass is 396 g/mol. The van der Waals surface area contributed by atoms with Crippen LogP contribution in [-0.4, -0.2) is 18.1 Å². The lowest BCUT2D eigenvalue weighted by atomic mass is 10.1. The van der Waals surface area contributed by atoms with Crippen LogP contribution < -0.4 is 15.4 Å². The highest BCUT2D eigenvalue weighted by molar-refractivity contribution is 7.80. The highest BCUT2D eigenvalue weighted by Gasteiger charge is 2.18. The smallest absolute Gasteiger partial charge is 0.261 e. The number of methoxy groups -OCH3 is 1. The Hall–Kier alpha value is -1.82. The number of anilines is 1. The number of hydrogen-bond donors (Lipinski definition) is 2. The van der Waals surface area contributed by atoms with E-state index in [2.05, 4.69) is 17.6 Å². The molecule has 0 aliphatic carbocycles. The molecular weight excluding hydrogens is 379 g/mol. The molecule has 0 aliphatic heterocycles. The highest BCUT2D eigenvalue weighted by Crippen LogP contribution is 2.32. The zero-order valence-electron chi connectivity index (χ0n) is 14.1. The third kappa shape index (κ3) is 4.63. The number of benzene rings is 2. The Bertz CT molecular complexity index is 825. The normalized spacial score (nSPS) is 10.3. The van der Waals surface area contributed by atoms with E-state index in [0.29, 0.717) is 5.02 Å². The first-order chi connectivity index (χ1) is 11.9. The first-order valence-electron chi connectivity index (χ1n) is 7.61. The summed E-state index contributed by atoms with van der Waals surface area (Å²) in [7, 11) is 1.43. The van der Waals surface area contributed by atoms with E-state index in [-0.39, 0.29) is 21.4 Å². The maximum Gasteiger partial charge on any atom is 0.261 e. The molecule has 2 aromatic carbocycles. The molecule has 2 aromatic rings. The van der Waals surface area contributed by atoms with Crippen molar-refractivity contribution < 1.29 is 9.53 Å². The molecule has 0 fully saturated rings. The first kappa shape index (κ1) is 19.5. The molecule has 25 heavy (non-hydrogen) atoms. The quantitative estimate of drug-likeness (QED) is 0.713. The molecule has 0 saturated heterocycles. The van der Waals surface area contributed by atoms with Crippen LogP contribution in [0.5, 0.6) is 5.75 Å². The van der Waals surface area contributed by atoms with Crippen molar-refractivity contribution in [2.75, 3.05) is 12.4 Å². The number of rotatable bonds is 4. The van der Waals surface area contributed by atoms with E-state index in [1.165, 1.54) is 19.2 Å². The number of thiocarbonyl (C=S) groups is 1. The van der Waals surface area contributed by atoms with Crippen molar-refractivity contribution in [1.82, 2.24) is 5.32 Å². The van der Waals surface area contributed by atoms with Crippen molar-refractivity contribution in [3.8, 4) is 5.75 Å². The van der Waals surface area contributed by atoms with Crippen LogP contribution in [0.25, 0.3) is 0 Å². The van der Waals surface area contributed by atoms with Gasteiger partial charge < -0.3 is 10.1 Å². The number of ether oxygens (including phenoxy) is 1. The Morgan fingerprint density at radius 3 is 2.64 bits per heavy atom. The van der Waals surface area contributed by atoms with Gasteiger partial charge in [-0.25, -0.2) is 0 Å². The SMILES string of the molecule is CCc1cccc(C)c1NC(=S)NC(=O)c1cc(Cl)cc(Cl)c1OC. The number of carbonyl (C=O) groups excluding carboxylic acids is 1. The molecule has 0 atom stereocenters. The molecule has 4 nitrogen and oxygen atoms in total. The van der Waals surface area contributed by atoms with Gasteiger partial charge in [-0.1, -0.05) is 48.3 Å². The molecule has 0 aliphatic rings. The summed E-state index contributed by atoms with van der Waals surface area (Å²) in [5.74, 6) is -0.207. The molecule has 0 spiro atoms. The molecule has 0 bridgehead atoms. The Morgan fingerprint density at radius 2 is 2.00 bits per heavy atom. The lowest BCUT2D eigenvalue weighted by Gasteiger charge is -2.16. The molecular formula is C18H18Cl2N2O2S. The van der Waals surface area contributed by atoms with E-state index in [9.17, 15) is 4.79 Å². The lowest BCUT2D eigenvalue weighted by Crippen LogP contribution is -2.34. The minimum atomic E-state index is -0.453. The Labute approximate surface area is 162 Å². The van der Waals surface area contributed by atoms with Gasteiger partial charge in [-0.05, 0) is 48.8 Å². The van der Waals surface area contributed by atoms with Gasteiger partial charge in [-0.3, -0.25) is 10.1 Å². The van der Waals surface area contributed by atoms with Gasteiger partial charge >= 0.3 is 0 Å². The Balaban J connectivity index is 2.21.